The van der Waals surface area contributed by atoms with Crippen LogP contribution in [0.4, 0.5) is 0 Å². The summed E-state index contributed by atoms with van der Waals surface area (Å²) in [6.07, 6.45) is 4.23. The van der Waals surface area contributed by atoms with E-state index in [-0.39, 0.29) is 11.8 Å². The second-order valence-electron chi connectivity index (χ2n) is 6.79. The first-order valence-electron chi connectivity index (χ1n) is 9.11. The van der Waals surface area contributed by atoms with E-state index < -0.39 is 0 Å². The highest BCUT2D eigenvalue weighted by Gasteiger charge is 2.28. The van der Waals surface area contributed by atoms with Crippen LogP contribution in [0.2, 0.25) is 0 Å². The molecule has 136 valence electrons. The number of aromatic nitrogens is 3. The first-order chi connectivity index (χ1) is 12.7. The second kappa shape index (κ2) is 7.53. The van der Waals surface area contributed by atoms with Gasteiger partial charge in [-0.05, 0) is 44.7 Å². The van der Waals surface area contributed by atoms with Gasteiger partial charge in [-0.3, -0.25) is 4.79 Å². The van der Waals surface area contributed by atoms with Crippen LogP contribution in [-0.4, -0.2) is 39.0 Å². The van der Waals surface area contributed by atoms with Crippen molar-refractivity contribution in [2.24, 2.45) is 0 Å². The number of piperidine rings is 1. The first-order valence-corrected chi connectivity index (χ1v) is 9.93. The van der Waals surface area contributed by atoms with Crippen LogP contribution in [0.15, 0.2) is 28.8 Å². The summed E-state index contributed by atoms with van der Waals surface area (Å²) >= 11 is 1.72. The second-order valence-corrected chi connectivity index (χ2v) is 7.90. The van der Waals surface area contributed by atoms with E-state index in [4.69, 9.17) is 4.52 Å². The molecule has 1 aliphatic heterocycles. The number of rotatable bonds is 5. The number of likely N-dealkylation sites (tertiary alicyclic amines) is 1. The van der Waals surface area contributed by atoms with Crippen molar-refractivity contribution in [2.45, 2.75) is 44.9 Å². The van der Waals surface area contributed by atoms with Crippen LogP contribution in [0.3, 0.4) is 0 Å². The fraction of sp³-hybridized carbons (Fsp3) is 0.474. The molecule has 1 unspecified atom stereocenters. The molecule has 26 heavy (non-hydrogen) atoms. The Hall–Kier alpha value is -2.28. The van der Waals surface area contributed by atoms with Crippen LogP contribution in [0.5, 0.6) is 0 Å². The number of benzene rings is 1. The summed E-state index contributed by atoms with van der Waals surface area (Å²) in [6.45, 7) is 3.33. The number of hydrogen-bond acceptors (Lipinski definition) is 6. The largest absolute Gasteiger partial charge is 0.342 e. The molecule has 1 saturated heterocycles. The minimum atomic E-state index is 0.165. The topological polar surface area (TPSA) is 72.1 Å². The van der Waals surface area contributed by atoms with Gasteiger partial charge in [0.1, 0.15) is 0 Å². The summed E-state index contributed by atoms with van der Waals surface area (Å²) in [7, 11) is 0. The highest BCUT2D eigenvalue weighted by Crippen LogP contribution is 2.27. The van der Waals surface area contributed by atoms with Gasteiger partial charge in [0.2, 0.25) is 11.8 Å². The lowest BCUT2D eigenvalue weighted by Gasteiger charge is -2.31. The minimum absolute atomic E-state index is 0.165. The predicted molar refractivity (Wildman–Crippen MR) is 100 cm³/mol. The van der Waals surface area contributed by atoms with Crippen LogP contribution < -0.4 is 0 Å². The van der Waals surface area contributed by atoms with Gasteiger partial charge in [-0.1, -0.05) is 17.3 Å². The number of para-hydroxylation sites is 1. The summed E-state index contributed by atoms with van der Waals surface area (Å²) in [5.41, 5.74) is 1.05. The van der Waals surface area contributed by atoms with E-state index in [0.29, 0.717) is 24.7 Å². The van der Waals surface area contributed by atoms with Gasteiger partial charge in [0, 0.05) is 19.5 Å². The number of amides is 1. The van der Waals surface area contributed by atoms with Gasteiger partial charge in [0.05, 0.1) is 21.1 Å². The molecule has 0 spiro atoms. The molecule has 1 aromatic carbocycles. The molecule has 3 aromatic rings. The quantitative estimate of drug-likeness (QED) is 0.684. The zero-order valence-electron chi connectivity index (χ0n) is 14.9. The summed E-state index contributed by atoms with van der Waals surface area (Å²) in [4.78, 5) is 23.5. The molecule has 2 aromatic heterocycles. The molecular formula is C19H22N4O2S. The lowest BCUT2D eigenvalue weighted by Crippen LogP contribution is -2.39. The third kappa shape index (κ3) is 3.77. The Bertz CT molecular complexity index is 871. The molecule has 4 rings (SSSR count). The Balaban J connectivity index is 1.30. The summed E-state index contributed by atoms with van der Waals surface area (Å²) in [6, 6.07) is 8.17. The van der Waals surface area contributed by atoms with Gasteiger partial charge in [-0.25, -0.2) is 4.98 Å². The Labute approximate surface area is 156 Å². The van der Waals surface area contributed by atoms with Crippen molar-refractivity contribution < 1.29 is 9.32 Å². The average Bonchev–Trinajstić information content (AvgIpc) is 3.27. The molecule has 0 saturated carbocycles. The van der Waals surface area contributed by atoms with Gasteiger partial charge in [0.15, 0.2) is 5.82 Å². The monoisotopic (exact) mass is 370 g/mol. The van der Waals surface area contributed by atoms with Crippen molar-refractivity contribution in [2.75, 3.05) is 13.1 Å². The molecule has 7 heteroatoms. The Morgan fingerprint density at radius 3 is 3.04 bits per heavy atom. The molecule has 3 heterocycles. The standard InChI is InChI=1S/C19H22N4O2S/c1-13-20-19(25-22-13)14-6-5-11-23(12-14)18(24)10-4-9-17-21-15-7-2-3-8-16(15)26-17/h2-3,7-8,14H,4-6,9-12H2,1H3. The number of fused-ring (bicyclic) bond motifs is 1. The molecule has 0 radical (unpaired) electrons. The molecule has 1 aliphatic rings. The smallest absolute Gasteiger partial charge is 0.231 e. The Kier molecular flexibility index (Phi) is 4.97. The summed E-state index contributed by atoms with van der Waals surface area (Å²) in [5, 5.41) is 4.98. The van der Waals surface area contributed by atoms with Gasteiger partial charge in [-0.15, -0.1) is 11.3 Å². The van der Waals surface area contributed by atoms with E-state index >= 15 is 0 Å². The average molecular weight is 370 g/mol. The Morgan fingerprint density at radius 1 is 1.35 bits per heavy atom. The number of carbonyl (C=O) groups is 1. The van der Waals surface area contributed by atoms with E-state index in [1.807, 2.05) is 30.0 Å². The fourth-order valence-corrected chi connectivity index (χ4v) is 4.47. The van der Waals surface area contributed by atoms with Crippen LogP contribution in [-0.2, 0) is 11.2 Å². The molecule has 1 fully saturated rings. The number of hydrogen-bond donors (Lipinski definition) is 0. The van der Waals surface area contributed by atoms with Crippen LogP contribution in [0, 0.1) is 6.92 Å². The third-order valence-electron chi connectivity index (χ3n) is 4.79. The SMILES string of the molecule is Cc1noc(C2CCCN(C(=O)CCCc3nc4ccccc4s3)C2)n1. The number of carbonyl (C=O) groups excluding carboxylic acids is 1. The molecule has 6 nitrogen and oxygen atoms in total. The molecule has 0 bridgehead atoms. The molecular weight excluding hydrogens is 348 g/mol. The van der Waals surface area contributed by atoms with Gasteiger partial charge in [0.25, 0.3) is 0 Å². The van der Waals surface area contributed by atoms with Crippen molar-refractivity contribution in [1.82, 2.24) is 20.0 Å². The zero-order valence-corrected chi connectivity index (χ0v) is 15.7. The maximum Gasteiger partial charge on any atom is 0.231 e. The van der Waals surface area contributed by atoms with Crippen LogP contribution >= 0.6 is 11.3 Å². The normalized spacial score (nSPS) is 17.7. The fourth-order valence-electron chi connectivity index (χ4n) is 3.46. The summed E-state index contributed by atoms with van der Waals surface area (Å²) < 4.78 is 6.50. The number of nitrogens with zero attached hydrogens (tertiary/aromatic N) is 4. The maximum absolute atomic E-state index is 12.6. The van der Waals surface area contributed by atoms with E-state index in [0.717, 1.165) is 42.8 Å². The molecule has 0 aliphatic carbocycles. The van der Waals surface area contributed by atoms with Gasteiger partial charge < -0.3 is 9.42 Å². The van der Waals surface area contributed by atoms with Crippen LogP contribution in [0.1, 0.15) is 48.3 Å². The van der Waals surface area contributed by atoms with E-state index in [2.05, 4.69) is 21.2 Å². The van der Waals surface area contributed by atoms with Crippen molar-refractivity contribution >= 4 is 27.5 Å². The molecule has 1 atom stereocenters. The number of aryl methyl sites for hydroxylation is 2. The predicted octanol–water partition coefficient (Wildman–Crippen LogP) is 3.72. The van der Waals surface area contributed by atoms with Gasteiger partial charge in [-0.2, -0.15) is 4.98 Å². The lowest BCUT2D eigenvalue weighted by atomic mass is 9.97. The molecule has 1 amide bonds. The van der Waals surface area contributed by atoms with Gasteiger partial charge >= 0.3 is 0 Å². The van der Waals surface area contributed by atoms with Crippen LogP contribution in [0.25, 0.3) is 10.2 Å². The van der Waals surface area contributed by atoms with E-state index in [9.17, 15) is 4.79 Å². The highest BCUT2D eigenvalue weighted by atomic mass is 32.1. The van der Waals surface area contributed by atoms with Crippen molar-refractivity contribution in [1.29, 1.82) is 0 Å². The summed E-state index contributed by atoms with van der Waals surface area (Å²) in [5.74, 6) is 1.69. The molecule has 0 N–H and O–H groups in total. The lowest BCUT2D eigenvalue weighted by molar-refractivity contribution is -0.132. The van der Waals surface area contributed by atoms with Crippen molar-refractivity contribution in [3.63, 3.8) is 0 Å². The van der Waals surface area contributed by atoms with E-state index in [1.54, 1.807) is 11.3 Å². The third-order valence-corrected chi connectivity index (χ3v) is 5.88. The number of thiazole rings is 1. The van der Waals surface area contributed by atoms with Crippen molar-refractivity contribution in [3.8, 4) is 0 Å². The minimum Gasteiger partial charge on any atom is -0.342 e. The maximum atomic E-state index is 12.6. The Morgan fingerprint density at radius 2 is 2.23 bits per heavy atom. The first kappa shape index (κ1) is 17.1. The van der Waals surface area contributed by atoms with E-state index in [1.165, 1.54) is 4.70 Å². The highest BCUT2D eigenvalue weighted by molar-refractivity contribution is 7.18. The zero-order chi connectivity index (χ0) is 17.9. The van der Waals surface area contributed by atoms with Crippen molar-refractivity contribution in [3.05, 3.63) is 41.0 Å².